The van der Waals surface area contributed by atoms with E-state index < -0.39 is 0 Å². The van der Waals surface area contributed by atoms with Gasteiger partial charge in [0.2, 0.25) is 0 Å². The minimum atomic E-state index is 0.456. The summed E-state index contributed by atoms with van der Waals surface area (Å²) in [6.45, 7) is 6.87. The van der Waals surface area contributed by atoms with Crippen molar-refractivity contribution in [3.63, 3.8) is 0 Å². The van der Waals surface area contributed by atoms with Gasteiger partial charge < -0.3 is 10.5 Å². The largest absolute Gasteiger partial charge is 0.457 e. The number of benzene rings is 2. The molecule has 0 aromatic heterocycles. The molecule has 0 amide bonds. The molecule has 2 N–H and O–H groups in total. The summed E-state index contributed by atoms with van der Waals surface area (Å²) in [5.74, 6) is 2.20. The van der Waals surface area contributed by atoms with Gasteiger partial charge in [-0.25, -0.2) is 0 Å². The average molecular weight is 334 g/mol. The van der Waals surface area contributed by atoms with Crippen molar-refractivity contribution < 1.29 is 4.74 Å². The summed E-state index contributed by atoms with van der Waals surface area (Å²) in [7, 11) is 0. The zero-order valence-electron chi connectivity index (χ0n) is 12.1. The summed E-state index contributed by atoms with van der Waals surface area (Å²) >= 11 is 3.46. The van der Waals surface area contributed by atoms with E-state index in [9.17, 15) is 0 Å². The van der Waals surface area contributed by atoms with Crippen molar-refractivity contribution >= 4 is 15.9 Å². The van der Waals surface area contributed by atoms with Gasteiger partial charge in [0.25, 0.3) is 0 Å². The summed E-state index contributed by atoms with van der Waals surface area (Å²) in [6, 6.07) is 12.3. The molecule has 3 heteroatoms. The normalized spacial score (nSPS) is 10.9. The predicted octanol–water partition coefficient (Wildman–Crippen LogP) is 5.13. The molecule has 2 aromatic rings. The summed E-state index contributed by atoms with van der Waals surface area (Å²) in [5.41, 5.74) is 9.18. The highest BCUT2D eigenvalue weighted by Crippen LogP contribution is 2.31. The predicted molar refractivity (Wildman–Crippen MR) is 87.4 cm³/mol. The van der Waals surface area contributed by atoms with E-state index in [0.717, 1.165) is 27.1 Å². The van der Waals surface area contributed by atoms with Crippen LogP contribution in [0.2, 0.25) is 0 Å². The number of nitrogens with two attached hydrogens (primary N) is 1. The molecule has 0 atom stereocenters. The quantitative estimate of drug-likeness (QED) is 0.841. The highest BCUT2D eigenvalue weighted by molar-refractivity contribution is 9.10. The first kappa shape index (κ1) is 15.1. The van der Waals surface area contributed by atoms with E-state index in [0.29, 0.717) is 12.5 Å². The van der Waals surface area contributed by atoms with Gasteiger partial charge in [0.15, 0.2) is 0 Å². The molecule has 106 valence electrons. The molecule has 2 nitrogen and oxygen atoms in total. The van der Waals surface area contributed by atoms with Crippen molar-refractivity contribution in [1.82, 2.24) is 0 Å². The van der Waals surface area contributed by atoms with Gasteiger partial charge >= 0.3 is 0 Å². The highest BCUT2D eigenvalue weighted by atomic mass is 79.9. The van der Waals surface area contributed by atoms with Gasteiger partial charge in [0.05, 0.1) is 0 Å². The first-order valence-corrected chi connectivity index (χ1v) is 7.57. The molecule has 20 heavy (non-hydrogen) atoms. The Morgan fingerprint density at radius 2 is 1.85 bits per heavy atom. The zero-order chi connectivity index (χ0) is 14.7. The fourth-order valence-electron chi connectivity index (χ4n) is 2.01. The van der Waals surface area contributed by atoms with Crippen LogP contribution in [-0.4, -0.2) is 0 Å². The van der Waals surface area contributed by atoms with Crippen LogP contribution in [0, 0.1) is 6.92 Å². The lowest BCUT2D eigenvalue weighted by Gasteiger charge is -2.15. The van der Waals surface area contributed by atoms with Gasteiger partial charge in [0.1, 0.15) is 11.5 Å². The smallest absolute Gasteiger partial charge is 0.132 e. The number of hydrogen-bond donors (Lipinski definition) is 1. The maximum atomic E-state index is 6.08. The number of rotatable bonds is 4. The minimum Gasteiger partial charge on any atom is -0.457 e. The molecule has 0 unspecified atom stereocenters. The van der Waals surface area contributed by atoms with Gasteiger partial charge in [0, 0.05) is 16.6 Å². The third kappa shape index (κ3) is 3.41. The van der Waals surface area contributed by atoms with Crippen molar-refractivity contribution in [2.24, 2.45) is 5.73 Å². The Kier molecular flexibility index (Phi) is 4.84. The summed E-state index contributed by atoms with van der Waals surface area (Å²) < 4.78 is 7.09. The molecule has 0 bridgehead atoms. The SMILES string of the molecule is Cc1ccc(C(C)C)cc1Oc1ccc(Br)cc1CN. The van der Waals surface area contributed by atoms with Crippen LogP contribution in [0.25, 0.3) is 0 Å². The lowest BCUT2D eigenvalue weighted by molar-refractivity contribution is 0.471. The van der Waals surface area contributed by atoms with Crippen molar-refractivity contribution in [3.05, 3.63) is 57.6 Å². The van der Waals surface area contributed by atoms with E-state index in [1.165, 1.54) is 5.56 Å². The van der Waals surface area contributed by atoms with E-state index in [4.69, 9.17) is 10.5 Å². The zero-order valence-corrected chi connectivity index (χ0v) is 13.7. The average Bonchev–Trinajstić information content (AvgIpc) is 2.42. The third-order valence-corrected chi connectivity index (χ3v) is 3.83. The van der Waals surface area contributed by atoms with Gasteiger partial charge in [-0.2, -0.15) is 0 Å². The lowest BCUT2D eigenvalue weighted by Crippen LogP contribution is -2.00. The Morgan fingerprint density at radius 1 is 1.10 bits per heavy atom. The Bertz CT molecular complexity index is 608. The summed E-state index contributed by atoms with van der Waals surface area (Å²) in [6.07, 6.45) is 0. The highest BCUT2D eigenvalue weighted by Gasteiger charge is 2.09. The molecule has 0 heterocycles. The third-order valence-electron chi connectivity index (χ3n) is 3.34. The second-order valence-electron chi connectivity index (χ2n) is 5.24. The number of hydrogen-bond acceptors (Lipinski definition) is 2. The van der Waals surface area contributed by atoms with Crippen LogP contribution >= 0.6 is 15.9 Å². The van der Waals surface area contributed by atoms with Crippen LogP contribution in [0.4, 0.5) is 0 Å². The maximum absolute atomic E-state index is 6.08. The number of ether oxygens (including phenoxy) is 1. The van der Waals surface area contributed by atoms with Gasteiger partial charge in [-0.05, 0) is 48.2 Å². The molecule has 0 saturated heterocycles. The molecule has 0 radical (unpaired) electrons. The standard InChI is InChI=1S/C17H20BrNO/c1-11(2)13-5-4-12(3)17(9-13)20-16-7-6-15(18)8-14(16)10-19/h4-9,11H,10,19H2,1-3H3. The molecule has 0 aliphatic rings. The Morgan fingerprint density at radius 3 is 2.50 bits per heavy atom. The van der Waals surface area contributed by atoms with Crippen LogP contribution in [0.5, 0.6) is 11.5 Å². The molecule has 0 aliphatic heterocycles. The minimum absolute atomic E-state index is 0.456. The van der Waals surface area contributed by atoms with Crippen LogP contribution in [-0.2, 0) is 6.54 Å². The Balaban J connectivity index is 2.36. The number of halogens is 1. The monoisotopic (exact) mass is 333 g/mol. The lowest BCUT2D eigenvalue weighted by atomic mass is 10.0. The van der Waals surface area contributed by atoms with Crippen LogP contribution in [0.15, 0.2) is 40.9 Å². The van der Waals surface area contributed by atoms with Gasteiger partial charge in [-0.1, -0.05) is 41.9 Å². The van der Waals surface area contributed by atoms with Gasteiger partial charge in [-0.15, -0.1) is 0 Å². The van der Waals surface area contributed by atoms with E-state index in [1.807, 2.05) is 18.2 Å². The van der Waals surface area contributed by atoms with Crippen molar-refractivity contribution in [3.8, 4) is 11.5 Å². The van der Waals surface area contributed by atoms with E-state index in [-0.39, 0.29) is 0 Å². The van der Waals surface area contributed by atoms with Crippen molar-refractivity contribution in [2.75, 3.05) is 0 Å². The van der Waals surface area contributed by atoms with E-state index in [1.54, 1.807) is 0 Å². The molecule has 0 spiro atoms. The first-order valence-electron chi connectivity index (χ1n) is 6.78. The van der Waals surface area contributed by atoms with Gasteiger partial charge in [-0.3, -0.25) is 0 Å². The number of aryl methyl sites for hydroxylation is 1. The topological polar surface area (TPSA) is 35.2 Å². The molecule has 0 aliphatic carbocycles. The Labute approximate surface area is 129 Å². The van der Waals surface area contributed by atoms with Crippen molar-refractivity contribution in [2.45, 2.75) is 33.2 Å². The fraction of sp³-hybridized carbons (Fsp3) is 0.294. The molecular formula is C17H20BrNO. The maximum Gasteiger partial charge on any atom is 0.132 e. The first-order chi connectivity index (χ1) is 9.51. The molecule has 2 rings (SSSR count). The molecular weight excluding hydrogens is 314 g/mol. The summed E-state index contributed by atoms with van der Waals surface area (Å²) in [4.78, 5) is 0. The van der Waals surface area contributed by atoms with Crippen LogP contribution in [0.3, 0.4) is 0 Å². The molecule has 0 fully saturated rings. The van der Waals surface area contributed by atoms with Crippen LogP contribution < -0.4 is 10.5 Å². The van der Waals surface area contributed by atoms with Crippen molar-refractivity contribution in [1.29, 1.82) is 0 Å². The Hall–Kier alpha value is -1.32. The fourth-order valence-corrected chi connectivity index (χ4v) is 2.42. The second-order valence-corrected chi connectivity index (χ2v) is 6.15. The molecule has 0 saturated carbocycles. The second kappa shape index (κ2) is 6.42. The van der Waals surface area contributed by atoms with E-state index in [2.05, 4.69) is 54.9 Å². The summed E-state index contributed by atoms with van der Waals surface area (Å²) in [5, 5.41) is 0. The van der Waals surface area contributed by atoms with E-state index >= 15 is 0 Å². The molecule has 2 aromatic carbocycles. The van der Waals surface area contributed by atoms with Crippen LogP contribution in [0.1, 0.15) is 36.5 Å².